The number of nitrogens with two attached hydrogens (primary N) is 1. The van der Waals surface area contributed by atoms with Crippen LogP contribution in [0.5, 0.6) is 0 Å². The summed E-state index contributed by atoms with van der Waals surface area (Å²) in [4.78, 5) is 18.9. The van der Waals surface area contributed by atoms with E-state index in [-0.39, 0.29) is 10.9 Å². The van der Waals surface area contributed by atoms with Crippen LogP contribution in [0.15, 0.2) is 21.5 Å². The third kappa shape index (κ3) is 8.91. The molecule has 0 unspecified atom stereocenters. The normalized spacial score (nSPS) is 13.3. The molecule has 0 heterocycles. The molecule has 0 aliphatic rings. The average Bonchev–Trinajstić information content (AvgIpc) is 2.39. The van der Waals surface area contributed by atoms with Crippen molar-refractivity contribution in [2.75, 3.05) is 20.1 Å². The summed E-state index contributed by atoms with van der Waals surface area (Å²) < 4.78 is 5.11. The van der Waals surface area contributed by atoms with Crippen LogP contribution in [0.2, 0.25) is 0 Å². The van der Waals surface area contributed by atoms with Crippen LogP contribution in [0.25, 0.3) is 0 Å². The van der Waals surface area contributed by atoms with E-state index in [9.17, 15) is 4.79 Å². The zero-order valence-electron chi connectivity index (χ0n) is 13.0. The molecule has 0 fully saturated rings. The number of amides is 1. The fraction of sp³-hybridized carbons (Fsp3) is 0.615. The second kappa shape index (κ2) is 9.23. The molecule has 21 heavy (non-hydrogen) atoms. The Morgan fingerprint density at radius 3 is 2.38 bits per heavy atom. The molecular weight excluding hydrogens is 294 g/mol. The summed E-state index contributed by atoms with van der Waals surface area (Å²) in [5, 5.41) is 5.79. The van der Waals surface area contributed by atoms with Gasteiger partial charge in [0.15, 0.2) is 5.82 Å². The van der Waals surface area contributed by atoms with E-state index < -0.39 is 11.7 Å². The summed E-state index contributed by atoms with van der Waals surface area (Å²) in [5.74, 6) is 0.364. The van der Waals surface area contributed by atoms with Crippen molar-refractivity contribution in [1.29, 1.82) is 0 Å². The second-order valence-corrected chi connectivity index (χ2v) is 5.50. The van der Waals surface area contributed by atoms with Crippen molar-refractivity contribution in [2.45, 2.75) is 32.8 Å². The van der Waals surface area contributed by atoms with E-state index in [0.717, 1.165) is 0 Å². The minimum Gasteiger partial charge on any atom is -0.444 e. The zero-order valence-corrected chi connectivity index (χ0v) is 13.8. The predicted octanol–water partition coefficient (Wildman–Crippen LogP) is 1.59. The minimum absolute atomic E-state index is 0.164. The van der Waals surface area contributed by atoms with Gasteiger partial charge >= 0.3 is 6.09 Å². The molecular formula is C13H24ClN5O2. The topological polar surface area (TPSA) is 101 Å². The lowest BCUT2D eigenvalue weighted by Gasteiger charge is -2.19. The minimum atomic E-state index is -0.504. The molecule has 0 saturated carbocycles. The number of rotatable bonds is 7. The fourth-order valence-electron chi connectivity index (χ4n) is 1.25. The van der Waals surface area contributed by atoms with E-state index in [2.05, 4.69) is 27.3 Å². The lowest BCUT2D eigenvalue weighted by atomic mass is 10.2. The monoisotopic (exact) mass is 317 g/mol. The smallest absolute Gasteiger partial charge is 0.407 e. The van der Waals surface area contributed by atoms with Gasteiger partial charge in [-0.1, -0.05) is 11.6 Å². The molecule has 120 valence electrons. The number of hydrogen-bond donors (Lipinski definition) is 3. The van der Waals surface area contributed by atoms with Crippen molar-refractivity contribution >= 4 is 29.6 Å². The quantitative estimate of drug-likeness (QED) is 0.490. The molecule has 1 amide bonds. The van der Waals surface area contributed by atoms with Crippen LogP contribution in [0.3, 0.4) is 0 Å². The number of allylic oxidation sites excluding steroid dienone is 1. The molecule has 0 aromatic heterocycles. The summed E-state index contributed by atoms with van der Waals surface area (Å²) in [6.45, 7) is 9.84. The van der Waals surface area contributed by atoms with Crippen molar-refractivity contribution in [2.24, 2.45) is 15.7 Å². The van der Waals surface area contributed by atoms with Gasteiger partial charge in [-0.2, -0.15) is 0 Å². The molecule has 7 nitrogen and oxygen atoms in total. The van der Waals surface area contributed by atoms with Crippen LogP contribution in [-0.2, 0) is 4.74 Å². The van der Waals surface area contributed by atoms with Gasteiger partial charge < -0.3 is 21.1 Å². The molecule has 0 atom stereocenters. The van der Waals surface area contributed by atoms with E-state index in [0.29, 0.717) is 25.3 Å². The van der Waals surface area contributed by atoms with Gasteiger partial charge in [-0.15, -0.1) is 0 Å². The number of halogens is 1. The van der Waals surface area contributed by atoms with Crippen molar-refractivity contribution in [3.8, 4) is 0 Å². The van der Waals surface area contributed by atoms with Gasteiger partial charge in [-0.3, -0.25) is 4.99 Å². The summed E-state index contributed by atoms with van der Waals surface area (Å²) >= 11 is 5.80. The molecule has 0 aromatic carbocycles. The van der Waals surface area contributed by atoms with Gasteiger partial charge in [0.1, 0.15) is 16.5 Å². The van der Waals surface area contributed by atoms with Gasteiger partial charge in [-0.05, 0) is 33.9 Å². The maximum Gasteiger partial charge on any atom is 0.407 e. The van der Waals surface area contributed by atoms with Crippen LogP contribution in [-0.4, -0.2) is 43.7 Å². The van der Waals surface area contributed by atoms with Gasteiger partial charge in [0.05, 0.1) is 0 Å². The predicted molar refractivity (Wildman–Crippen MR) is 86.8 cm³/mol. The van der Waals surface area contributed by atoms with E-state index in [1.54, 1.807) is 0 Å². The largest absolute Gasteiger partial charge is 0.444 e. The van der Waals surface area contributed by atoms with Crippen molar-refractivity contribution in [3.05, 3.63) is 11.5 Å². The van der Waals surface area contributed by atoms with Gasteiger partial charge in [0.25, 0.3) is 0 Å². The highest BCUT2D eigenvalue weighted by atomic mass is 35.5. The summed E-state index contributed by atoms with van der Waals surface area (Å²) in [7, 11) is 1.53. The molecule has 0 spiro atoms. The standard InChI is InChI=1S/C13H24ClN5O2/c1-13(2,3)21-12(20)19-8-6-7-18-11(17-5)9(15)10(14)16-4/h18H,5-8,15H2,1-4H3,(H,19,20)/b11-9-,16-10+. The Balaban J connectivity index is 4.10. The number of hydrogen-bond acceptors (Lipinski definition) is 6. The Kier molecular flexibility index (Phi) is 8.45. The lowest BCUT2D eigenvalue weighted by Crippen LogP contribution is -2.34. The van der Waals surface area contributed by atoms with Gasteiger partial charge in [-0.25, -0.2) is 9.79 Å². The van der Waals surface area contributed by atoms with E-state index in [1.165, 1.54) is 7.05 Å². The molecule has 0 radical (unpaired) electrons. The molecule has 0 aromatic rings. The summed E-state index contributed by atoms with van der Waals surface area (Å²) in [5.41, 5.74) is 5.47. The van der Waals surface area contributed by atoms with Crippen LogP contribution in [0.1, 0.15) is 27.2 Å². The number of carbonyl (C=O) groups excluding carboxylic acids is 1. The van der Waals surface area contributed by atoms with Crippen molar-refractivity contribution in [1.82, 2.24) is 10.6 Å². The molecule has 0 rings (SSSR count). The highest BCUT2D eigenvalue weighted by molar-refractivity contribution is 6.69. The number of nitrogens with zero attached hydrogens (tertiary/aromatic N) is 2. The summed E-state index contributed by atoms with van der Waals surface area (Å²) in [6, 6.07) is 0. The maximum absolute atomic E-state index is 11.4. The third-order valence-corrected chi connectivity index (χ3v) is 2.52. The molecule has 4 N–H and O–H groups in total. The van der Waals surface area contributed by atoms with Crippen LogP contribution in [0, 0.1) is 0 Å². The third-order valence-electron chi connectivity index (χ3n) is 2.15. The first kappa shape index (κ1) is 19.2. The molecule has 0 saturated heterocycles. The Hall–Kier alpha value is -1.76. The van der Waals surface area contributed by atoms with Gasteiger partial charge in [0.2, 0.25) is 0 Å². The molecule has 0 aliphatic carbocycles. The van der Waals surface area contributed by atoms with E-state index in [4.69, 9.17) is 22.1 Å². The molecule has 8 heteroatoms. The first-order chi connectivity index (χ1) is 9.71. The summed E-state index contributed by atoms with van der Waals surface area (Å²) in [6.07, 6.45) is 0.215. The van der Waals surface area contributed by atoms with Crippen molar-refractivity contribution in [3.63, 3.8) is 0 Å². The van der Waals surface area contributed by atoms with Crippen LogP contribution in [0.4, 0.5) is 4.79 Å². The number of carbonyl (C=O) groups is 1. The highest BCUT2D eigenvalue weighted by Crippen LogP contribution is 2.06. The zero-order chi connectivity index (χ0) is 16.5. The van der Waals surface area contributed by atoms with Gasteiger partial charge in [0, 0.05) is 20.1 Å². The first-order valence-corrected chi connectivity index (χ1v) is 6.89. The number of alkyl carbamates (subject to hydrolysis) is 1. The Labute approximate surface area is 130 Å². The molecule has 0 bridgehead atoms. The van der Waals surface area contributed by atoms with Crippen LogP contribution >= 0.6 is 11.6 Å². The van der Waals surface area contributed by atoms with Crippen molar-refractivity contribution < 1.29 is 9.53 Å². The Bertz CT molecular complexity index is 427. The number of aliphatic imine (C=N–C) groups is 2. The SMILES string of the molecule is C=N/C(NCCCNC(=O)OC(C)(C)C)=C(N)\C(Cl)=N/C. The van der Waals surface area contributed by atoms with E-state index in [1.807, 2.05) is 20.8 Å². The maximum atomic E-state index is 11.4. The first-order valence-electron chi connectivity index (χ1n) is 6.51. The Morgan fingerprint density at radius 2 is 1.90 bits per heavy atom. The lowest BCUT2D eigenvalue weighted by molar-refractivity contribution is 0.0527. The molecule has 0 aliphatic heterocycles. The Morgan fingerprint density at radius 1 is 1.33 bits per heavy atom. The fourth-order valence-corrected chi connectivity index (χ4v) is 1.34. The average molecular weight is 318 g/mol. The van der Waals surface area contributed by atoms with E-state index >= 15 is 0 Å². The highest BCUT2D eigenvalue weighted by Gasteiger charge is 2.15. The second-order valence-electron chi connectivity index (χ2n) is 5.14. The number of nitrogens with one attached hydrogen (secondary N) is 2. The van der Waals surface area contributed by atoms with Crippen LogP contribution < -0.4 is 16.4 Å². The number of ether oxygens (including phenoxy) is 1.